The molecule has 0 radical (unpaired) electrons. The number of carbonyl (C=O) groups excluding carboxylic acids is 1. The number of hydrazone groups is 1. The van der Waals surface area contributed by atoms with Gasteiger partial charge in [0.1, 0.15) is 0 Å². The molecule has 0 aliphatic carbocycles. The van der Waals surface area contributed by atoms with Gasteiger partial charge in [-0.2, -0.15) is 5.10 Å². The average Bonchev–Trinajstić information content (AvgIpc) is 2.10. The fraction of sp³-hybridized carbons (Fsp3) is 0.556. The van der Waals surface area contributed by atoms with E-state index in [0.717, 1.165) is 24.1 Å². The van der Waals surface area contributed by atoms with Gasteiger partial charge in [-0.15, -0.1) is 0 Å². The van der Waals surface area contributed by atoms with Crippen molar-refractivity contribution in [3.63, 3.8) is 0 Å². The Kier molecular flexibility index (Phi) is 5.59. The summed E-state index contributed by atoms with van der Waals surface area (Å²) in [5.41, 5.74) is 8.90. The second-order valence-corrected chi connectivity index (χ2v) is 2.85. The Morgan fingerprint density at radius 1 is 1.54 bits per heavy atom. The van der Waals surface area contributed by atoms with Gasteiger partial charge in [0.15, 0.2) is 0 Å². The minimum absolute atomic E-state index is 0.636. The summed E-state index contributed by atoms with van der Waals surface area (Å²) in [6.45, 7) is 5.90. The number of urea groups is 1. The van der Waals surface area contributed by atoms with Crippen LogP contribution in [0.3, 0.4) is 0 Å². The van der Waals surface area contributed by atoms with Gasteiger partial charge in [0.05, 0.1) is 5.71 Å². The predicted octanol–water partition coefficient (Wildman–Crippen LogP) is 1.78. The highest BCUT2D eigenvalue weighted by Gasteiger charge is 1.94. The summed E-state index contributed by atoms with van der Waals surface area (Å²) in [5.74, 6) is 0. The van der Waals surface area contributed by atoms with Crippen LogP contribution in [0.15, 0.2) is 16.8 Å². The number of allylic oxidation sites excluding steroid dienone is 2. The molecular weight excluding hydrogens is 166 g/mol. The highest BCUT2D eigenvalue weighted by molar-refractivity contribution is 5.98. The van der Waals surface area contributed by atoms with Gasteiger partial charge < -0.3 is 5.73 Å². The summed E-state index contributed by atoms with van der Waals surface area (Å²) in [6.07, 6.45) is 4.21. The monoisotopic (exact) mass is 183 g/mol. The normalized spacial score (nSPS) is 12.8. The molecule has 0 aromatic rings. The molecule has 3 N–H and O–H groups in total. The third-order valence-electron chi connectivity index (χ3n) is 1.64. The van der Waals surface area contributed by atoms with Gasteiger partial charge >= 0.3 is 6.03 Å². The molecule has 0 saturated heterocycles. The lowest BCUT2D eigenvalue weighted by Crippen LogP contribution is -2.25. The van der Waals surface area contributed by atoms with Crippen LogP contribution in [0.4, 0.5) is 4.79 Å². The summed E-state index contributed by atoms with van der Waals surface area (Å²) in [7, 11) is 0. The highest BCUT2D eigenvalue weighted by atomic mass is 16.2. The zero-order valence-electron chi connectivity index (χ0n) is 8.42. The fourth-order valence-electron chi connectivity index (χ4n) is 0.736. The van der Waals surface area contributed by atoms with Crippen molar-refractivity contribution < 1.29 is 4.79 Å². The minimum Gasteiger partial charge on any atom is -0.350 e. The topological polar surface area (TPSA) is 67.5 Å². The van der Waals surface area contributed by atoms with Crippen molar-refractivity contribution in [3.05, 3.63) is 11.6 Å². The lowest BCUT2D eigenvalue weighted by molar-refractivity contribution is 0.249. The molecule has 0 atom stereocenters. The summed E-state index contributed by atoms with van der Waals surface area (Å²) >= 11 is 0. The second kappa shape index (κ2) is 6.22. The number of nitrogens with zero attached hydrogens (tertiary/aromatic N) is 1. The molecule has 74 valence electrons. The van der Waals surface area contributed by atoms with Crippen LogP contribution < -0.4 is 11.2 Å². The Balaban J connectivity index is 4.15. The molecule has 13 heavy (non-hydrogen) atoms. The Morgan fingerprint density at radius 2 is 2.15 bits per heavy atom. The van der Waals surface area contributed by atoms with Gasteiger partial charge in [0.25, 0.3) is 0 Å². The van der Waals surface area contributed by atoms with Gasteiger partial charge in [0.2, 0.25) is 0 Å². The molecule has 0 aliphatic heterocycles. The van der Waals surface area contributed by atoms with Gasteiger partial charge in [-0.1, -0.05) is 19.4 Å². The van der Waals surface area contributed by atoms with Crippen molar-refractivity contribution in [2.75, 3.05) is 0 Å². The van der Waals surface area contributed by atoms with Crippen molar-refractivity contribution in [3.8, 4) is 0 Å². The van der Waals surface area contributed by atoms with Gasteiger partial charge in [-0.3, -0.25) is 0 Å². The molecule has 0 aromatic carbocycles. The molecule has 0 unspecified atom stereocenters. The van der Waals surface area contributed by atoms with Crippen molar-refractivity contribution in [2.45, 2.75) is 33.6 Å². The maximum Gasteiger partial charge on any atom is 0.332 e. The van der Waals surface area contributed by atoms with Crippen molar-refractivity contribution >= 4 is 11.7 Å². The first-order chi connectivity index (χ1) is 6.07. The smallest absolute Gasteiger partial charge is 0.332 e. The largest absolute Gasteiger partial charge is 0.350 e. The maximum absolute atomic E-state index is 10.3. The quantitative estimate of drug-likeness (QED) is 0.506. The Hall–Kier alpha value is -1.32. The number of hydrogen-bond donors (Lipinski definition) is 2. The van der Waals surface area contributed by atoms with E-state index in [2.05, 4.69) is 23.5 Å². The minimum atomic E-state index is -0.636. The molecule has 0 aliphatic rings. The standard InChI is InChI=1S/C9H17N3O/c1-4-5-6-7(2)8(3)11-12-9(10)13/h6H,4-5H2,1-3H3,(H3,10,12,13). The number of carbonyl (C=O) groups is 1. The van der Waals surface area contributed by atoms with Crippen LogP contribution >= 0.6 is 0 Å². The van der Waals surface area contributed by atoms with Crippen LogP contribution in [-0.2, 0) is 0 Å². The molecule has 0 aromatic heterocycles. The number of amides is 2. The van der Waals surface area contributed by atoms with Crippen molar-refractivity contribution in [2.24, 2.45) is 10.8 Å². The molecule has 0 rings (SSSR count). The van der Waals surface area contributed by atoms with E-state index in [9.17, 15) is 4.79 Å². The van der Waals surface area contributed by atoms with Gasteiger partial charge in [-0.25, -0.2) is 10.2 Å². The molecule has 4 heteroatoms. The molecule has 0 fully saturated rings. The third kappa shape index (κ3) is 5.90. The second-order valence-electron chi connectivity index (χ2n) is 2.85. The van der Waals surface area contributed by atoms with Crippen LogP contribution in [0.2, 0.25) is 0 Å². The Labute approximate surface area is 78.9 Å². The summed E-state index contributed by atoms with van der Waals surface area (Å²) < 4.78 is 0. The first-order valence-corrected chi connectivity index (χ1v) is 4.34. The van der Waals surface area contributed by atoms with Gasteiger partial charge in [0, 0.05) is 0 Å². The van der Waals surface area contributed by atoms with Crippen molar-refractivity contribution in [1.29, 1.82) is 0 Å². The highest BCUT2D eigenvalue weighted by Crippen LogP contribution is 2.00. The van der Waals surface area contributed by atoms with E-state index >= 15 is 0 Å². The first kappa shape index (κ1) is 11.7. The number of rotatable bonds is 4. The van der Waals surface area contributed by atoms with Crippen LogP contribution in [0, 0.1) is 0 Å². The first-order valence-electron chi connectivity index (χ1n) is 4.34. The summed E-state index contributed by atoms with van der Waals surface area (Å²) in [6, 6.07) is -0.636. The lowest BCUT2D eigenvalue weighted by Gasteiger charge is -2.00. The lowest BCUT2D eigenvalue weighted by atomic mass is 10.1. The van der Waals surface area contributed by atoms with Crippen LogP contribution in [0.1, 0.15) is 33.6 Å². The Morgan fingerprint density at radius 3 is 2.62 bits per heavy atom. The van der Waals surface area contributed by atoms with E-state index < -0.39 is 6.03 Å². The SMILES string of the molecule is CCCC=C(C)C(C)=NNC(N)=O. The molecule has 0 saturated carbocycles. The number of primary amides is 1. The fourth-order valence-corrected chi connectivity index (χ4v) is 0.736. The van der Waals surface area contributed by atoms with Crippen molar-refractivity contribution in [1.82, 2.24) is 5.43 Å². The number of nitrogens with one attached hydrogen (secondary N) is 1. The van der Waals surface area contributed by atoms with E-state index in [1.165, 1.54) is 0 Å². The summed E-state index contributed by atoms with van der Waals surface area (Å²) in [5, 5.41) is 3.80. The van der Waals surface area contributed by atoms with E-state index in [0.29, 0.717) is 0 Å². The van der Waals surface area contributed by atoms with Crippen LogP contribution in [0.25, 0.3) is 0 Å². The zero-order valence-corrected chi connectivity index (χ0v) is 8.42. The summed E-state index contributed by atoms with van der Waals surface area (Å²) in [4.78, 5) is 10.3. The van der Waals surface area contributed by atoms with Crippen LogP contribution in [0.5, 0.6) is 0 Å². The number of unbranched alkanes of at least 4 members (excludes halogenated alkanes) is 1. The molecule has 0 bridgehead atoms. The van der Waals surface area contributed by atoms with E-state index in [1.54, 1.807) is 0 Å². The van der Waals surface area contributed by atoms with E-state index in [1.807, 2.05) is 13.8 Å². The third-order valence-corrected chi connectivity index (χ3v) is 1.64. The molecular formula is C9H17N3O. The van der Waals surface area contributed by atoms with Gasteiger partial charge in [-0.05, 0) is 25.8 Å². The average molecular weight is 183 g/mol. The molecule has 0 heterocycles. The van der Waals surface area contributed by atoms with Crippen LogP contribution in [-0.4, -0.2) is 11.7 Å². The molecule has 0 spiro atoms. The van der Waals surface area contributed by atoms with E-state index in [4.69, 9.17) is 5.73 Å². The van der Waals surface area contributed by atoms with E-state index in [-0.39, 0.29) is 0 Å². The number of hydrogen-bond acceptors (Lipinski definition) is 2. The molecule has 4 nitrogen and oxygen atoms in total. The maximum atomic E-state index is 10.3. The zero-order chi connectivity index (χ0) is 10.3. The predicted molar refractivity (Wildman–Crippen MR) is 54.5 cm³/mol. The number of nitrogens with two attached hydrogens (primary N) is 1. The Bertz CT molecular complexity index is 231. The molecule has 2 amide bonds.